The van der Waals surface area contributed by atoms with E-state index >= 15 is 0 Å². The minimum Gasteiger partial charge on any atom is -0.246 e. The summed E-state index contributed by atoms with van der Waals surface area (Å²) in [5.74, 6) is 1.97. The van der Waals surface area contributed by atoms with E-state index in [1.807, 2.05) is 0 Å². The molecule has 0 spiro atoms. The molecule has 1 nitrogen and oxygen atoms in total. The van der Waals surface area contributed by atoms with E-state index in [4.69, 9.17) is 0 Å². The lowest BCUT2D eigenvalue weighted by Gasteiger charge is -2.26. The molecule has 0 unspecified atom stereocenters. The van der Waals surface area contributed by atoms with E-state index in [0.717, 1.165) is 24.4 Å². The Morgan fingerprint density at radius 1 is 1.55 bits per heavy atom. The lowest BCUT2D eigenvalue weighted by atomic mass is 9.35. The van der Waals surface area contributed by atoms with Crippen LogP contribution in [-0.2, 0) is 0 Å². The summed E-state index contributed by atoms with van der Waals surface area (Å²) >= 11 is 2.49. The Hall–Kier alpha value is 0.755. The molecule has 62 valence electrons. The Labute approximate surface area is 83.5 Å². The Morgan fingerprint density at radius 2 is 2.27 bits per heavy atom. The molecular weight excluding hydrogens is 248 g/mol. The summed E-state index contributed by atoms with van der Waals surface area (Å²) in [4.78, 5) is 0. The van der Waals surface area contributed by atoms with Crippen molar-refractivity contribution in [2.75, 3.05) is 6.54 Å². The third-order valence-corrected chi connectivity index (χ3v) is 4.44. The quantitative estimate of drug-likeness (QED) is 0.399. The van der Waals surface area contributed by atoms with Crippen LogP contribution in [0.5, 0.6) is 0 Å². The summed E-state index contributed by atoms with van der Waals surface area (Å²) in [5, 5.41) is 0. The topological polar surface area (TPSA) is 3.24 Å². The number of hydrogen-bond acceptors (Lipinski definition) is 1. The number of fused-ring (bicyclic) bond motifs is 1. The number of nitrogens with zero attached hydrogens (tertiary/aromatic N) is 1. The second-order valence-corrected chi connectivity index (χ2v) is 5.53. The molecule has 0 bridgehead atoms. The highest BCUT2D eigenvalue weighted by Crippen LogP contribution is 2.52. The maximum absolute atomic E-state index is 2.52. The summed E-state index contributed by atoms with van der Waals surface area (Å²) in [5.41, 5.74) is 0. The van der Waals surface area contributed by atoms with E-state index < -0.39 is 0 Å². The number of halogens is 1. The number of rotatable bonds is 1. The van der Waals surface area contributed by atoms with Crippen LogP contribution in [0.15, 0.2) is 0 Å². The fourth-order valence-corrected chi connectivity index (χ4v) is 3.38. The van der Waals surface area contributed by atoms with Gasteiger partial charge in [-0.2, -0.15) is 0 Å². The van der Waals surface area contributed by atoms with Crippen molar-refractivity contribution in [2.45, 2.75) is 44.3 Å². The lowest BCUT2D eigenvalue weighted by molar-refractivity contribution is 0.509. The van der Waals surface area contributed by atoms with E-state index in [0.29, 0.717) is 0 Å². The van der Waals surface area contributed by atoms with Crippen LogP contribution < -0.4 is 0 Å². The Morgan fingerprint density at radius 3 is 2.91 bits per heavy atom. The molecule has 1 aliphatic heterocycles. The molecular formula is C8H15BIN. The van der Waals surface area contributed by atoms with Gasteiger partial charge < -0.3 is 0 Å². The first-order valence-electron chi connectivity index (χ1n) is 4.62. The summed E-state index contributed by atoms with van der Waals surface area (Å²) in [6, 6.07) is 0.955. The molecule has 2 rings (SSSR count). The zero-order valence-corrected chi connectivity index (χ0v) is 9.41. The zero-order chi connectivity index (χ0) is 8.01. The van der Waals surface area contributed by atoms with Gasteiger partial charge in [0.25, 0.3) is 0 Å². The molecule has 1 heterocycles. The Bertz CT molecular complexity index is 162. The van der Waals surface area contributed by atoms with Gasteiger partial charge in [-0.3, -0.25) is 0 Å². The first-order valence-corrected chi connectivity index (χ1v) is 5.59. The molecule has 2 aliphatic rings. The van der Waals surface area contributed by atoms with Crippen LogP contribution in [0.2, 0.25) is 18.0 Å². The monoisotopic (exact) mass is 263 g/mol. The van der Waals surface area contributed by atoms with Crippen LogP contribution >= 0.6 is 22.9 Å². The van der Waals surface area contributed by atoms with Gasteiger partial charge in [-0.25, -0.2) is 3.11 Å². The summed E-state index contributed by atoms with van der Waals surface area (Å²) in [6.45, 7) is 7.11. The molecule has 1 aliphatic carbocycles. The predicted molar refractivity (Wildman–Crippen MR) is 58.5 cm³/mol. The third-order valence-electron chi connectivity index (χ3n) is 3.25. The van der Waals surface area contributed by atoms with E-state index in [9.17, 15) is 0 Å². The van der Waals surface area contributed by atoms with Crippen molar-refractivity contribution in [3.05, 3.63) is 0 Å². The van der Waals surface area contributed by atoms with E-state index in [1.54, 1.807) is 0 Å². The van der Waals surface area contributed by atoms with Crippen LogP contribution in [0.25, 0.3) is 0 Å². The summed E-state index contributed by atoms with van der Waals surface area (Å²) in [7, 11) is 0. The van der Waals surface area contributed by atoms with Crippen molar-refractivity contribution in [1.29, 1.82) is 0 Å². The van der Waals surface area contributed by atoms with Crippen molar-refractivity contribution >= 4 is 29.6 Å². The molecule has 0 amide bonds. The highest BCUT2D eigenvalue weighted by molar-refractivity contribution is 14.1. The Kier molecular flexibility index (Phi) is 2.21. The van der Waals surface area contributed by atoms with Crippen LogP contribution in [0.1, 0.15) is 20.3 Å². The van der Waals surface area contributed by atoms with Gasteiger partial charge in [0.15, 0.2) is 0 Å². The normalized spacial score (nSPS) is 37.6. The van der Waals surface area contributed by atoms with E-state index in [1.165, 1.54) is 19.3 Å². The fraction of sp³-hybridized carbons (Fsp3) is 1.00. The van der Waals surface area contributed by atoms with Crippen molar-refractivity contribution < 1.29 is 0 Å². The minimum absolute atomic E-state index is 0.912. The Balaban J connectivity index is 1.97. The van der Waals surface area contributed by atoms with Crippen molar-refractivity contribution in [1.82, 2.24) is 3.11 Å². The average Bonchev–Trinajstić information content (AvgIpc) is 2.66. The second-order valence-electron chi connectivity index (χ2n) is 4.29. The standard InChI is InChI=1S/C8H15BIN/c1-6(2)9-3-4-11(10)8-5-7(8)9/h6-8H,3-5H2,1-2H3/t7-,8+/m0/s1. The molecule has 0 aromatic heterocycles. The summed E-state index contributed by atoms with van der Waals surface area (Å²) < 4.78 is 2.52. The van der Waals surface area contributed by atoms with Gasteiger partial charge in [-0.1, -0.05) is 26.0 Å². The molecule has 1 saturated heterocycles. The highest BCUT2D eigenvalue weighted by Gasteiger charge is 2.51. The van der Waals surface area contributed by atoms with Gasteiger partial charge in [-0.15, -0.1) is 0 Å². The first-order chi connectivity index (χ1) is 5.20. The SMILES string of the molecule is CC(C)B1CCN(I)[C@@H]2C[C@H]12. The molecule has 2 atom stereocenters. The first kappa shape index (κ1) is 8.36. The molecule has 0 aromatic rings. The van der Waals surface area contributed by atoms with Gasteiger partial charge in [0.2, 0.25) is 0 Å². The molecule has 2 fully saturated rings. The smallest absolute Gasteiger partial charge is 0.149 e. The molecule has 0 aromatic carbocycles. The van der Waals surface area contributed by atoms with Gasteiger partial charge in [0.1, 0.15) is 6.71 Å². The van der Waals surface area contributed by atoms with Crippen LogP contribution in [-0.4, -0.2) is 22.4 Å². The van der Waals surface area contributed by atoms with Crippen molar-refractivity contribution in [3.8, 4) is 0 Å². The largest absolute Gasteiger partial charge is 0.246 e. The maximum atomic E-state index is 2.52. The molecule has 0 N–H and O–H groups in total. The fourth-order valence-electron chi connectivity index (χ4n) is 2.46. The van der Waals surface area contributed by atoms with Gasteiger partial charge >= 0.3 is 0 Å². The van der Waals surface area contributed by atoms with Crippen LogP contribution in [0.4, 0.5) is 0 Å². The molecule has 11 heavy (non-hydrogen) atoms. The second kappa shape index (κ2) is 2.91. The van der Waals surface area contributed by atoms with Gasteiger partial charge in [0, 0.05) is 35.5 Å². The molecule has 3 heteroatoms. The van der Waals surface area contributed by atoms with Gasteiger partial charge in [0.05, 0.1) is 0 Å². The van der Waals surface area contributed by atoms with Crippen LogP contribution in [0, 0.1) is 0 Å². The van der Waals surface area contributed by atoms with Crippen molar-refractivity contribution in [3.63, 3.8) is 0 Å². The van der Waals surface area contributed by atoms with E-state index in [-0.39, 0.29) is 0 Å². The highest BCUT2D eigenvalue weighted by atomic mass is 127. The predicted octanol–water partition coefficient (Wildman–Crippen LogP) is 2.70. The molecule has 1 saturated carbocycles. The van der Waals surface area contributed by atoms with Gasteiger partial charge in [-0.05, 0) is 12.2 Å². The average molecular weight is 263 g/mol. The van der Waals surface area contributed by atoms with E-state index in [2.05, 4.69) is 39.8 Å². The number of hydrogen-bond donors (Lipinski definition) is 0. The van der Waals surface area contributed by atoms with Crippen molar-refractivity contribution in [2.24, 2.45) is 0 Å². The summed E-state index contributed by atoms with van der Waals surface area (Å²) in [6.07, 6.45) is 2.91. The minimum atomic E-state index is 0.912. The lowest BCUT2D eigenvalue weighted by Crippen LogP contribution is -2.32. The third kappa shape index (κ3) is 1.46. The van der Waals surface area contributed by atoms with Crippen LogP contribution in [0.3, 0.4) is 0 Å². The maximum Gasteiger partial charge on any atom is 0.149 e. The zero-order valence-electron chi connectivity index (χ0n) is 7.26. The molecule has 0 radical (unpaired) electrons.